The summed E-state index contributed by atoms with van der Waals surface area (Å²) in [5, 5.41) is 11.5. The van der Waals surface area contributed by atoms with E-state index in [1.807, 2.05) is 6.07 Å². The molecular weight excluding hydrogens is 323 g/mol. The van der Waals surface area contributed by atoms with Crippen molar-refractivity contribution in [1.82, 2.24) is 10.3 Å². The number of anilines is 1. The average molecular weight is 342 g/mol. The Hall–Kier alpha value is -3.14. The number of hydrogen-bond acceptors (Lipinski definition) is 5. The van der Waals surface area contributed by atoms with Gasteiger partial charge in [0.05, 0.1) is 18.7 Å². The molecule has 0 saturated heterocycles. The Morgan fingerprint density at radius 1 is 1.32 bits per heavy atom. The highest BCUT2D eigenvalue weighted by Crippen LogP contribution is 2.11. The lowest BCUT2D eigenvalue weighted by atomic mass is 10.3. The van der Waals surface area contributed by atoms with E-state index < -0.39 is 0 Å². The summed E-state index contributed by atoms with van der Waals surface area (Å²) in [7, 11) is 1.76. The molecule has 0 saturated carbocycles. The van der Waals surface area contributed by atoms with Gasteiger partial charge in [0.25, 0.3) is 0 Å². The molecule has 0 fully saturated rings. The minimum absolute atomic E-state index is 0.129. The predicted octanol–water partition coefficient (Wildman–Crippen LogP) is 2.11. The number of nitrogens with one attached hydrogen (secondary N) is 1. The molecule has 0 atom stereocenters. The number of carbonyl (C=O) groups is 1. The minimum Gasteiger partial charge on any atom is -0.494 e. The molecule has 2 rings (SSSR count). The fraction of sp³-hybridized carbons (Fsp3) is 0.278. The van der Waals surface area contributed by atoms with E-state index in [1.165, 1.54) is 18.3 Å². The molecule has 1 N–H and O–H groups in total. The van der Waals surface area contributed by atoms with E-state index in [1.54, 1.807) is 36.2 Å². The van der Waals surface area contributed by atoms with Crippen LogP contribution >= 0.6 is 0 Å². The van der Waals surface area contributed by atoms with Gasteiger partial charge in [-0.25, -0.2) is 9.37 Å². The van der Waals surface area contributed by atoms with Gasteiger partial charge in [-0.05, 0) is 42.8 Å². The Bertz CT molecular complexity index is 726. The Morgan fingerprint density at radius 2 is 2.08 bits per heavy atom. The van der Waals surface area contributed by atoms with Crippen molar-refractivity contribution < 1.29 is 13.9 Å². The van der Waals surface area contributed by atoms with Gasteiger partial charge in [-0.2, -0.15) is 5.26 Å². The number of ether oxygens (including phenoxy) is 1. The van der Waals surface area contributed by atoms with Gasteiger partial charge >= 0.3 is 0 Å². The molecule has 0 aliphatic carbocycles. The third-order valence-electron chi connectivity index (χ3n) is 3.37. The number of hydrogen-bond donors (Lipinski definition) is 1. The van der Waals surface area contributed by atoms with Gasteiger partial charge in [0, 0.05) is 19.8 Å². The maximum atomic E-state index is 12.8. The zero-order chi connectivity index (χ0) is 18.1. The van der Waals surface area contributed by atoms with Crippen LogP contribution in [0.1, 0.15) is 12.0 Å². The average Bonchev–Trinajstić information content (AvgIpc) is 2.63. The summed E-state index contributed by atoms with van der Waals surface area (Å²) in [5.74, 6) is 0.782. The SMILES string of the molecule is CN(CC(=O)NCCCOc1ccc(F)cc1)c1ccc(C#N)cn1. The van der Waals surface area contributed by atoms with Gasteiger partial charge < -0.3 is 15.0 Å². The zero-order valence-corrected chi connectivity index (χ0v) is 13.9. The fourth-order valence-electron chi connectivity index (χ4n) is 2.05. The second kappa shape index (κ2) is 9.23. The molecule has 1 heterocycles. The highest BCUT2D eigenvalue weighted by molar-refractivity contribution is 5.80. The van der Waals surface area contributed by atoms with E-state index in [0.29, 0.717) is 36.7 Å². The van der Waals surface area contributed by atoms with Gasteiger partial charge in [-0.15, -0.1) is 0 Å². The molecule has 130 valence electrons. The quantitative estimate of drug-likeness (QED) is 0.744. The van der Waals surface area contributed by atoms with Gasteiger partial charge in [-0.1, -0.05) is 0 Å². The Balaban J connectivity index is 1.64. The number of pyridine rings is 1. The Labute approximate surface area is 145 Å². The number of rotatable bonds is 8. The lowest BCUT2D eigenvalue weighted by Crippen LogP contribution is -2.36. The number of benzene rings is 1. The van der Waals surface area contributed by atoms with E-state index in [0.717, 1.165) is 0 Å². The second-order valence-electron chi connectivity index (χ2n) is 5.38. The molecule has 2 aromatic rings. The van der Waals surface area contributed by atoms with Crippen LogP contribution in [0.25, 0.3) is 0 Å². The topological polar surface area (TPSA) is 78.3 Å². The van der Waals surface area contributed by atoms with Crippen molar-refractivity contribution in [3.63, 3.8) is 0 Å². The van der Waals surface area contributed by atoms with E-state index in [-0.39, 0.29) is 18.3 Å². The largest absolute Gasteiger partial charge is 0.494 e. The molecule has 1 amide bonds. The summed E-state index contributed by atoms with van der Waals surface area (Å²) in [6, 6.07) is 11.2. The van der Waals surface area contributed by atoms with Crippen molar-refractivity contribution in [2.45, 2.75) is 6.42 Å². The number of nitriles is 1. The molecule has 0 aliphatic rings. The summed E-state index contributed by atoms with van der Waals surface area (Å²) in [6.07, 6.45) is 2.11. The van der Waals surface area contributed by atoms with Crippen molar-refractivity contribution in [1.29, 1.82) is 5.26 Å². The first-order valence-electron chi connectivity index (χ1n) is 7.81. The first-order valence-corrected chi connectivity index (χ1v) is 7.81. The molecule has 0 bridgehead atoms. The molecule has 1 aromatic heterocycles. The molecule has 6 nitrogen and oxygen atoms in total. The lowest BCUT2D eigenvalue weighted by molar-refractivity contribution is -0.119. The van der Waals surface area contributed by atoms with Gasteiger partial charge in [-0.3, -0.25) is 4.79 Å². The maximum Gasteiger partial charge on any atom is 0.239 e. The summed E-state index contributed by atoms with van der Waals surface area (Å²) >= 11 is 0. The van der Waals surface area contributed by atoms with Crippen LogP contribution in [0.4, 0.5) is 10.2 Å². The van der Waals surface area contributed by atoms with Crippen LogP contribution in [-0.4, -0.2) is 37.6 Å². The third-order valence-corrected chi connectivity index (χ3v) is 3.37. The first-order chi connectivity index (χ1) is 12.1. The van der Waals surface area contributed by atoms with Crippen LogP contribution < -0.4 is 15.0 Å². The van der Waals surface area contributed by atoms with Crippen LogP contribution in [-0.2, 0) is 4.79 Å². The second-order valence-corrected chi connectivity index (χ2v) is 5.38. The summed E-state index contributed by atoms with van der Waals surface area (Å²) in [4.78, 5) is 17.7. The molecule has 0 unspecified atom stereocenters. The molecule has 1 aromatic carbocycles. The highest BCUT2D eigenvalue weighted by atomic mass is 19.1. The normalized spacial score (nSPS) is 9.96. The fourth-order valence-corrected chi connectivity index (χ4v) is 2.05. The molecule has 0 aliphatic heterocycles. The van der Waals surface area contributed by atoms with Crippen LogP contribution in [0.5, 0.6) is 5.75 Å². The van der Waals surface area contributed by atoms with Crippen molar-refractivity contribution in [3.8, 4) is 11.8 Å². The third kappa shape index (κ3) is 6.11. The molecule has 0 radical (unpaired) electrons. The summed E-state index contributed by atoms with van der Waals surface area (Å²) in [5.41, 5.74) is 0.475. The van der Waals surface area contributed by atoms with Crippen LogP contribution in [0.3, 0.4) is 0 Å². The standard InChI is InChI=1S/C18H19FN4O2/c1-23(17-8-3-14(11-20)12-22-17)13-18(24)21-9-2-10-25-16-6-4-15(19)5-7-16/h3-8,12H,2,9-10,13H2,1H3,(H,21,24). The van der Waals surface area contributed by atoms with Crippen molar-refractivity contribution in [3.05, 3.63) is 54.0 Å². The van der Waals surface area contributed by atoms with Crippen LogP contribution in [0.15, 0.2) is 42.6 Å². The first kappa shape index (κ1) is 18.2. The number of nitrogens with zero attached hydrogens (tertiary/aromatic N) is 3. The molecule has 0 spiro atoms. The number of carbonyl (C=O) groups excluding carboxylic acids is 1. The number of likely N-dealkylation sites (N-methyl/N-ethyl adjacent to an activating group) is 1. The summed E-state index contributed by atoms with van der Waals surface area (Å²) < 4.78 is 18.2. The molecular formula is C18H19FN4O2. The lowest BCUT2D eigenvalue weighted by Gasteiger charge is -2.17. The van der Waals surface area contributed by atoms with Gasteiger partial charge in [0.15, 0.2) is 0 Å². The van der Waals surface area contributed by atoms with E-state index in [4.69, 9.17) is 10.00 Å². The maximum absolute atomic E-state index is 12.8. The monoisotopic (exact) mass is 342 g/mol. The smallest absolute Gasteiger partial charge is 0.239 e. The Morgan fingerprint density at radius 3 is 2.72 bits per heavy atom. The van der Waals surface area contributed by atoms with E-state index >= 15 is 0 Å². The summed E-state index contributed by atoms with van der Waals surface area (Å²) in [6.45, 7) is 1.07. The van der Waals surface area contributed by atoms with Gasteiger partial charge in [0.1, 0.15) is 23.5 Å². The number of aromatic nitrogens is 1. The van der Waals surface area contributed by atoms with E-state index in [9.17, 15) is 9.18 Å². The predicted molar refractivity (Wildman–Crippen MR) is 91.7 cm³/mol. The van der Waals surface area contributed by atoms with Gasteiger partial charge in [0.2, 0.25) is 5.91 Å². The van der Waals surface area contributed by atoms with Crippen LogP contribution in [0.2, 0.25) is 0 Å². The van der Waals surface area contributed by atoms with Crippen LogP contribution in [0, 0.1) is 17.1 Å². The zero-order valence-electron chi connectivity index (χ0n) is 13.9. The van der Waals surface area contributed by atoms with Crippen molar-refractivity contribution in [2.75, 3.05) is 31.6 Å². The number of amides is 1. The number of halogens is 1. The van der Waals surface area contributed by atoms with Crippen molar-refractivity contribution >= 4 is 11.7 Å². The van der Waals surface area contributed by atoms with E-state index in [2.05, 4.69) is 10.3 Å². The molecule has 7 heteroatoms. The minimum atomic E-state index is -0.305. The molecule has 25 heavy (non-hydrogen) atoms. The van der Waals surface area contributed by atoms with Crippen molar-refractivity contribution in [2.24, 2.45) is 0 Å². The highest BCUT2D eigenvalue weighted by Gasteiger charge is 2.08. The Kier molecular flexibility index (Phi) is 6.72.